The number of nitrogens with zero attached hydrogens (tertiary/aromatic N) is 2. The molecule has 0 saturated heterocycles. The van der Waals surface area contributed by atoms with Crippen molar-refractivity contribution in [2.45, 2.75) is 20.0 Å². The van der Waals surface area contributed by atoms with Gasteiger partial charge in [0.15, 0.2) is 0 Å². The molecule has 0 spiro atoms. The first-order chi connectivity index (χ1) is 4.79. The normalized spacial score (nSPS) is 10.3. The van der Waals surface area contributed by atoms with E-state index in [1.54, 1.807) is 6.33 Å². The molecule has 56 valence electrons. The third-order valence-electron chi connectivity index (χ3n) is 1.63. The molecule has 0 atom stereocenters. The summed E-state index contributed by atoms with van der Waals surface area (Å²) in [4.78, 5) is 4.02. The lowest BCUT2D eigenvalue weighted by Gasteiger charge is -1.98. The van der Waals surface area contributed by atoms with Crippen LogP contribution < -0.4 is 0 Å². The molecular formula is C7H12N2O. The molecule has 0 radical (unpaired) electrons. The Bertz CT molecular complexity index is 217. The van der Waals surface area contributed by atoms with E-state index in [2.05, 4.69) is 11.9 Å². The van der Waals surface area contributed by atoms with Crippen LogP contribution in [0.5, 0.6) is 0 Å². The standard InChI is InChI=1S/C7H12N2O/c1-3-7-6(4-10)8-5-9(7)2/h5,10H,3-4H2,1-2H3. The van der Waals surface area contributed by atoms with Gasteiger partial charge in [-0.2, -0.15) is 0 Å². The minimum Gasteiger partial charge on any atom is -0.390 e. The van der Waals surface area contributed by atoms with E-state index in [0.29, 0.717) is 0 Å². The van der Waals surface area contributed by atoms with Gasteiger partial charge in [0.1, 0.15) is 0 Å². The topological polar surface area (TPSA) is 38.1 Å². The third-order valence-corrected chi connectivity index (χ3v) is 1.63. The number of imidazole rings is 1. The Labute approximate surface area is 60.3 Å². The van der Waals surface area contributed by atoms with Gasteiger partial charge in [0.25, 0.3) is 0 Å². The minimum absolute atomic E-state index is 0.0456. The zero-order chi connectivity index (χ0) is 7.56. The smallest absolute Gasteiger partial charge is 0.0950 e. The second kappa shape index (κ2) is 2.84. The number of hydrogen-bond acceptors (Lipinski definition) is 2. The highest BCUT2D eigenvalue weighted by Crippen LogP contribution is 2.05. The predicted octanol–water partition coefficient (Wildman–Crippen LogP) is 0.475. The highest BCUT2D eigenvalue weighted by molar-refractivity contribution is 5.11. The van der Waals surface area contributed by atoms with E-state index < -0.39 is 0 Å². The molecule has 10 heavy (non-hydrogen) atoms. The highest BCUT2D eigenvalue weighted by atomic mass is 16.3. The van der Waals surface area contributed by atoms with E-state index in [1.807, 2.05) is 11.6 Å². The lowest BCUT2D eigenvalue weighted by atomic mass is 10.3. The van der Waals surface area contributed by atoms with Crippen molar-refractivity contribution in [1.82, 2.24) is 9.55 Å². The number of aliphatic hydroxyl groups is 1. The van der Waals surface area contributed by atoms with E-state index in [4.69, 9.17) is 5.11 Å². The summed E-state index contributed by atoms with van der Waals surface area (Å²) in [6.45, 7) is 2.10. The number of aromatic nitrogens is 2. The van der Waals surface area contributed by atoms with E-state index >= 15 is 0 Å². The van der Waals surface area contributed by atoms with Gasteiger partial charge in [-0.1, -0.05) is 6.92 Å². The van der Waals surface area contributed by atoms with Gasteiger partial charge in [0.2, 0.25) is 0 Å². The first-order valence-corrected chi connectivity index (χ1v) is 3.39. The van der Waals surface area contributed by atoms with Gasteiger partial charge in [-0.05, 0) is 6.42 Å². The Morgan fingerprint density at radius 3 is 2.80 bits per heavy atom. The van der Waals surface area contributed by atoms with Crippen LogP contribution in [0.2, 0.25) is 0 Å². The minimum atomic E-state index is 0.0456. The summed E-state index contributed by atoms with van der Waals surface area (Å²) >= 11 is 0. The maximum absolute atomic E-state index is 8.79. The summed E-state index contributed by atoms with van der Waals surface area (Å²) < 4.78 is 1.94. The number of rotatable bonds is 2. The molecule has 1 N–H and O–H groups in total. The molecule has 1 aromatic rings. The zero-order valence-corrected chi connectivity index (χ0v) is 6.33. The van der Waals surface area contributed by atoms with Crippen molar-refractivity contribution in [3.05, 3.63) is 17.7 Å². The maximum atomic E-state index is 8.79. The van der Waals surface area contributed by atoms with Crippen LogP contribution in [0.25, 0.3) is 0 Å². The van der Waals surface area contributed by atoms with Crippen LogP contribution in [0.3, 0.4) is 0 Å². The van der Waals surface area contributed by atoms with Crippen LogP contribution in [0.15, 0.2) is 6.33 Å². The second-order valence-corrected chi connectivity index (χ2v) is 2.26. The lowest BCUT2D eigenvalue weighted by Crippen LogP contribution is -1.96. The number of aryl methyl sites for hydroxylation is 1. The van der Waals surface area contributed by atoms with Gasteiger partial charge in [-0.25, -0.2) is 4.98 Å². The van der Waals surface area contributed by atoms with Crippen molar-refractivity contribution in [3.63, 3.8) is 0 Å². The molecule has 0 saturated carbocycles. The van der Waals surface area contributed by atoms with Crippen molar-refractivity contribution in [2.24, 2.45) is 7.05 Å². The average molecular weight is 140 g/mol. The van der Waals surface area contributed by atoms with Gasteiger partial charge >= 0.3 is 0 Å². The van der Waals surface area contributed by atoms with Crippen LogP contribution in [-0.4, -0.2) is 14.7 Å². The van der Waals surface area contributed by atoms with Gasteiger partial charge in [0, 0.05) is 12.7 Å². The summed E-state index contributed by atoms with van der Waals surface area (Å²) in [5.74, 6) is 0. The molecule has 0 aliphatic heterocycles. The molecule has 0 unspecified atom stereocenters. The largest absolute Gasteiger partial charge is 0.390 e. The Morgan fingerprint density at radius 1 is 1.70 bits per heavy atom. The molecule has 3 heteroatoms. The van der Waals surface area contributed by atoms with E-state index in [-0.39, 0.29) is 6.61 Å². The monoisotopic (exact) mass is 140 g/mol. The molecule has 3 nitrogen and oxygen atoms in total. The molecule has 0 fully saturated rings. The zero-order valence-electron chi connectivity index (χ0n) is 6.33. The Hall–Kier alpha value is -0.830. The fraction of sp³-hybridized carbons (Fsp3) is 0.571. The van der Waals surface area contributed by atoms with Crippen LogP contribution in [0, 0.1) is 0 Å². The molecule has 1 aromatic heterocycles. The maximum Gasteiger partial charge on any atom is 0.0950 e. The van der Waals surface area contributed by atoms with Gasteiger partial charge < -0.3 is 9.67 Å². The second-order valence-electron chi connectivity index (χ2n) is 2.26. The van der Waals surface area contributed by atoms with Crippen molar-refractivity contribution < 1.29 is 5.11 Å². The molecule has 1 rings (SSSR count). The summed E-state index contributed by atoms with van der Waals surface area (Å²) in [6, 6.07) is 0. The van der Waals surface area contributed by atoms with Gasteiger partial charge in [-0.15, -0.1) is 0 Å². The predicted molar refractivity (Wildman–Crippen MR) is 38.5 cm³/mol. The molecular weight excluding hydrogens is 128 g/mol. The molecule has 0 aliphatic rings. The lowest BCUT2D eigenvalue weighted by molar-refractivity contribution is 0.276. The van der Waals surface area contributed by atoms with E-state index in [1.165, 1.54) is 0 Å². The summed E-state index contributed by atoms with van der Waals surface area (Å²) in [6.07, 6.45) is 2.65. The summed E-state index contributed by atoms with van der Waals surface area (Å²) in [7, 11) is 1.94. The Morgan fingerprint density at radius 2 is 2.40 bits per heavy atom. The molecule has 0 aromatic carbocycles. The highest BCUT2D eigenvalue weighted by Gasteiger charge is 2.03. The SMILES string of the molecule is CCc1c(CO)ncn1C. The number of hydrogen-bond donors (Lipinski definition) is 1. The van der Waals surface area contributed by atoms with Crippen molar-refractivity contribution in [1.29, 1.82) is 0 Å². The summed E-state index contributed by atoms with van der Waals surface area (Å²) in [5.41, 5.74) is 1.91. The van der Waals surface area contributed by atoms with Gasteiger partial charge in [0.05, 0.1) is 18.6 Å². The fourth-order valence-electron chi connectivity index (χ4n) is 1.09. The molecule has 0 bridgehead atoms. The van der Waals surface area contributed by atoms with Crippen molar-refractivity contribution in [3.8, 4) is 0 Å². The third kappa shape index (κ3) is 1.04. The van der Waals surface area contributed by atoms with E-state index in [0.717, 1.165) is 17.8 Å². The average Bonchev–Trinajstić information content (AvgIpc) is 2.30. The Kier molecular flexibility index (Phi) is 2.06. The molecule has 0 amide bonds. The molecule has 1 heterocycles. The first-order valence-electron chi connectivity index (χ1n) is 3.39. The van der Waals surface area contributed by atoms with Crippen LogP contribution in [0.4, 0.5) is 0 Å². The fourth-order valence-corrected chi connectivity index (χ4v) is 1.09. The quantitative estimate of drug-likeness (QED) is 0.648. The van der Waals surface area contributed by atoms with Gasteiger partial charge in [-0.3, -0.25) is 0 Å². The van der Waals surface area contributed by atoms with E-state index in [9.17, 15) is 0 Å². The summed E-state index contributed by atoms with van der Waals surface area (Å²) in [5, 5.41) is 8.79. The van der Waals surface area contributed by atoms with Crippen LogP contribution >= 0.6 is 0 Å². The van der Waals surface area contributed by atoms with Crippen molar-refractivity contribution >= 4 is 0 Å². The number of aliphatic hydroxyl groups excluding tert-OH is 1. The van der Waals surface area contributed by atoms with Crippen LogP contribution in [-0.2, 0) is 20.1 Å². The Balaban J connectivity index is 3.01. The van der Waals surface area contributed by atoms with Crippen LogP contribution in [0.1, 0.15) is 18.3 Å². The van der Waals surface area contributed by atoms with Crippen molar-refractivity contribution in [2.75, 3.05) is 0 Å². The molecule has 0 aliphatic carbocycles. The first kappa shape index (κ1) is 7.28.